The minimum Gasteiger partial charge on any atom is -0.332 e. The van der Waals surface area contributed by atoms with E-state index in [2.05, 4.69) is 15.9 Å². The van der Waals surface area contributed by atoms with Gasteiger partial charge in [0.1, 0.15) is 6.54 Å². The molecule has 0 saturated heterocycles. The maximum absolute atomic E-state index is 12.3. The molecule has 0 unspecified atom stereocenters. The van der Waals surface area contributed by atoms with E-state index in [0.717, 1.165) is 22.9 Å². The minimum atomic E-state index is -0.369. The lowest BCUT2D eigenvalue weighted by Gasteiger charge is -2.21. The van der Waals surface area contributed by atoms with Crippen molar-refractivity contribution in [1.29, 1.82) is 5.26 Å². The van der Waals surface area contributed by atoms with E-state index in [1.165, 1.54) is 4.90 Å². The molecule has 0 spiro atoms. The van der Waals surface area contributed by atoms with Gasteiger partial charge in [0.25, 0.3) is 0 Å². The zero-order valence-corrected chi connectivity index (χ0v) is 11.2. The molecule has 0 aromatic heterocycles. The second kappa shape index (κ2) is 4.50. The van der Waals surface area contributed by atoms with Crippen molar-refractivity contribution in [3.63, 3.8) is 0 Å². The van der Waals surface area contributed by atoms with Gasteiger partial charge in [0.05, 0.1) is 11.5 Å². The van der Waals surface area contributed by atoms with Crippen LogP contribution in [-0.2, 0) is 10.2 Å². The topological polar surface area (TPSA) is 44.1 Å². The van der Waals surface area contributed by atoms with Crippen molar-refractivity contribution in [3.8, 4) is 6.07 Å². The van der Waals surface area contributed by atoms with Crippen LogP contribution in [0.15, 0.2) is 28.7 Å². The molecule has 0 aliphatic heterocycles. The molecule has 1 aliphatic carbocycles. The van der Waals surface area contributed by atoms with Crippen molar-refractivity contribution in [2.24, 2.45) is 0 Å². The van der Waals surface area contributed by atoms with Gasteiger partial charge in [-0.05, 0) is 30.5 Å². The number of halogens is 1. The second-order valence-corrected chi connectivity index (χ2v) is 5.32. The molecule has 0 bridgehead atoms. The summed E-state index contributed by atoms with van der Waals surface area (Å²) in [6.07, 6.45) is 1.76. The van der Waals surface area contributed by atoms with Crippen molar-refractivity contribution in [3.05, 3.63) is 34.3 Å². The summed E-state index contributed by atoms with van der Waals surface area (Å²) in [5, 5.41) is 8.63. The zero-order chi connectivity index (χ0) is 12.5. The highest BCUT2D eigenvalue weighted by atomic mass is 79.9. The number of carbonyl (C=O) groups excluding carboxylic acids is 1. The quantitative estimate of drug-likeness (QED) is 0.804. The summed E-state index contributed by atoms with van der Waals surface area (Å²) in [4.78, 5) is 13.8. The van der Waals surface area contributed by atoms with Gasteiger partial charge in [-0.15, -0.1) is 0 Å². The molecule has 17 heavy (non-hydrogen) atoms. The SMILES string of the molecule is CN(CC#N)C(=O)C1(c2ccc(Br)cc2)CC1. The molecule has 4 heteroatoms. The Bertz CT molecular complexity index is 471. The molecular formula is C13H13BrN2O. The lowest BCUT2D eigenvalue weighted by molar-refractivity contribution is -0.132. The van der Waals surface area contributed by atoms with Gasteiger partial charge >= 0.3 is 0 Å². The molecule has 1 amide bonds. The van der Waals surface area contributed by atoms with Crippen molar-refractivity contribution < 1.29 is 4.79 Å². The number of amides is 1. The van der Waals surface area contributed by atoms with Gasteiger partial charge < -0.3 is 4.90 Å². The van der Waals surface area contributed by atoms with Gasteiger partial charge in [0.2, 0.25) is 5.91 Å². The average Bonchev–Trinajstić information content (AvgIpc) is 3.10. The van der Waals surface area contributed by atoms with E-state index < -0.39 is 0 Å². The third-order valence-corrected chi connectivity index (χ3v) is 3.74. The van der Waals surface area contributed by atoms with Crippen LogP contribution in [0.4, 0.5) is 0 Å². The summed E-state index contributed by atoms with van der Waals surface area (Å²) in [6, 6.07) is 9.87. The fraction of sp³-hybridized carbons (Fsp3) is 0.385. The zero-order valence-electron chi connectivity index (χ0n) is 9.61. The number of carbonyl (C=O) groups is 1. The summed E-state index contributed by atoms with van der Waals surface area (Å²) >= 11 is 3.39. The first-order valence-corrected chi connectivity index (χ1v) is 6.28. The van der Waals surface area contributed by atoms with Crippen molar-refractivity contribution in [2.75, 3.05) is 13.6 Å². The Morgan fingerprint density at radius 2 is 2.06 bits per heavy atom. The van der Waals surface area contributed by atoms with Crippen LogP contribution in [0.25, 0.3) is 0 Å². The molecule has 0 N–H and O–H groups in total. The Kier molecular flexibility index (Phi) is 3.21. The predicted octanol–water partition coefficient (Wildman–Crippen LogP) is 2.46. The number of benzene rings is 1. The largest absolute Gasteiger partial charge is 0.332 e. The molecule has 2 rings (SSSR count). The fourth-order valence-corrected chi connectivity index (χ4v) is 2.33. The van der Waals surface area contributed by atoms with Gasteiger partial charge in [-0.3, -0.25) is 4.79 Å². The third-order valence-electron chi connectivity index (χ3n) is 3.21. The van der Waals surface area contributed by atoms with Gasteiger partial charge in [-0.2, -0.15) is 5.26 Å². The van der Waals surface area contributed by atoms with Crippen LogP contribution in [0, 0.1) is 11.3 Å². The van der Waals surface area contributed by atoms with Crippen molar-refractivity contribution >= 4 is 21.8 Å². The molecule has 1 aromatic rings. The highest BCUT2D eigenvalue weighted by Gasteiger charge is 2.52. The molecule has 1 saturated carbocycles. The van der Waals surface area contributed by atoms with Gasteiger partial charge in [-0.1, -0.05) is 28.1 Å². The summed E-state index contributed by atoms with van der Waals surface area (Å²) in [5.74, 6) is 0.0568. The summed E-state index contributed by atoms with van der Waals surface area (Å²) in [5.41, 5.74) is 0.683. The summed E-state index contributed by atoms with van der Waals surface area (Å²) in [7, 11) is 1.68. The van der Waals surface area contributed by atoms with E-state index in [1.54, 1.807) is 7.05 Å². The fourth-order valence-electron chi connectivity index (χ4n) is 2.06. The molecule has 1 aliphatic rings. The van der Waals surface area contributed by atoms with Gasteiger partial charge in [0, 0.05) is 11.5 Å². The lowest BCUT2D eigenvalue weighted by atomic mass is 9.94. The third kappa shape index (κ3) is 2.20. The van der Waals surface area contributed by atoms with E-state index in [4.69, 9.17) is 5.26 Å². The average molecular weight is 293 g/mol. The molecule has 0 radical (unpaired) electrons. The van der Waals surface area contributed by atoms with E-state index >= 15 is 0 Å². The molecule has 1 fully saturated rings. The molecule has 1 aromatic carbocycles. The normalized spacial score (nSPS) is 16.1. The van der Waals surface area contributed by atoms with Crippen LogP contribution in [0.2, 0.25) is 0 Å². The van der Waals surface area contributed by atoms with E-state index in [0.29, 0.717) is 0 Å². The van der Waals surface area contributed by atoms with E-state index in [9.17, 15) is 4.79 Å². The van der Waals surface area contributed by atoms with E-state index in [-0.39, 0.29) is 17.9 Å². The highest BCUT2D eigenvalue weighted by Crippen LogP contribution is 2.49. The smallest absolute Gasteiger partial charge is 0.233 e. The monoisotopic (exact) mass is 292 g/mol. The summed E-state index contributed by atoms with van der Waals surface area (Å²) in [6.45, 7) is 0.150. The lowest BCUT2D eigenvalue weighted by Crippen LogP contribution is -2.36. The molecule has 88 valence electrons. The molecule has 0 heterocycles. The summed E-state index contributed by atoms with van der Waals surface area (Å²) < 4.78 is 1.01. The van der Waals surface area contributed by atoms with Gasteiger partial charge in [0.15, 0.2) is 0 Å². The van der Waals surface area contributed by atoms with Crippen LogP contribution < -0.4 is 0 Å². The Morgan fingerprint density at radius 3 is 2.53 bits per heavy atom. The Hall–Kier alpha value is -1.34. The number of nitrogens with zero attached hydrogens (tertiary/aromatic N) is 2. The Labute approximate surface area is 109 Å². The standard InChI is InChI=1S/C13H13BrN2O/c1-16(9-8-15)12(17)13(6-7-13)10-2-4-11(14)5-3-10/h2-5H,6-7,9H2,1H3. The molecule has 3 nitrogen and oxygen atoms in total. The van der Waals surface area contributed by atoms with E-state index in [1.807, 2.05) is 30.3 Å². The first-order valence-electron chi connectivity index (χ1n) is 5.49. The molecular weight excluding hydrogens is 280 g/mol. The number of nitriles is 1. The van der Waals surface area contributed by atoms with Crippen LogP contribution in [-0.4, -0.2) is 24.4 Å². The van der Waals surface area contributed by atoms with Crippen LogP contribution >= 0.6 is 15.9 Å². The van der Waals surface area contributed by atoms with Crippen LogP contribution in [0.3, 0.4) is 0 Å². The Morgan fingerprint density at radius 1 is 1.47 bits per heavy atom. The minimum absolute atomic E-state index is 0.0568. The number of hydrogen-bond donors (Lipinski definition) is 0. The number of hydrogen-bond acceptors (Lipinski definition) is 2. The maximum Gasteiger partial charge on any atom is 0.233 e. The highest BCUT2D eigenvalue weighted by molar-refractivity contribution is 9.10. The van der Waals surface area contributed by atoms with Gasteiger partial charge in [-0.25, -0.2) is 0 Å². The van der Waals surface area contributed by atoms with Crippen molar-refractivity contribution in [1.82, 2.24) is 4.90 Å². The first kappa shape index (κ1) is 12.1. The molecule has 0 atom stereocenters. The Balaban J connectivity index is 2.23. The predicted molar refractivity (Wildman–Crippen MR) is 68.3 cm³/mol. The second-order valence-electron chi connectivity index (χ2n) is 4.41. The van der Waals surface area contributed by atoms with Crippen LogP contribution in [0.1, 0.15) is 18.4 Å². The maximum atomic E-state index is 12.3. The first-order chi connectivity index (χ1) is 8.10. The number of rotatable bonds is 3. The number of likely N-dealkylation sites (N-methyl/N-ethyl adjacent to an activating group) is 1. The van der Waals surface area contributed by atoms with Crippen LogP contribution in [0.5, 0.6) is 0 Å². The van der Waals surface area contributed by atoms with Crippen molar-refractivity contribution in [2.45, 2.75) is 18.3 Å².